The van der Waals surface area contributed by atoms with Crippen LogP contribution in [0.15, 0.2) is 0 Å². The number of aliphatic hydroxyl groups excluding tert-OH is 2. The number of rotatable bonds is 6. The van der Waals surface area contributed by atoms with Crippen molar-refractivity contribution in [3.8, 4) is 0 Å². The predicted octanol–water partition coefficient (Wildman–Crippen LogP) is 8.37. The first kappa shape index (κ1) is 33.8. The first-order valence-corrected chi connectivity index (χ1v) is 19.3. The number of aliphatic hydroxyl groups is 2. The Kier molecular flexibility index (Phi) is 8.01. The summed E-state index contributed by atoms with van der Waals surface area (Å²) in [6.45, 7) is 16.3. The van der Waals surface area contributed by atoms with Crippen LogP contribution >= 0.6 is 0 Å². The number of ether oxygens (including phenoxy) is 2. The van der Waals surface area contributed by atoms with E-state index >= 15 is 0 Å². The molecule has 2 bridgehead atoms. The highest BCUT2D eigenvalue weighted by atomic mass is 16.6. The average Bonchev–Trinajstić information content (AvgIpc) is 3.24. The molecule has 0 unspecified atom stereocenters. The van der Waals surface area contributed by atoms with Crippen molar-refractivity contribution < 1.29 is 29.6 Å². The van der Waals surface area contributed by atoms with Gasteiger partial charge in [-0.15, -0.1) is 0 Å². The zero-order chi connectivity index (χ0) is 33.1. The molecule has 7 fully saturated rings. The minimum absolute atomic E-state index is 0.0432. The van der Waals surface area contributed by atoms with E-state index in [-0.39, 0.29) is 40.3 Å². The van der Waals surface area contributed by atoms with E-state index in [1.807, 2.05) is 6.92 Å². The second kappa shape index (κ2) is 10.9. The lowest BCUT2D eigenvalue weighted by atomic mass is 9.41. The normalized spacial score (nSPS) is 54.0. The van der Waals surface area contributed by atoms with E-state index in [4.69, 9.17) is 9.47 Å². The van der Waals surface area contributed by atoms with E-state index < -0.39 is 29.4 Å². The number of hydrogen-bond donors (Lipinski definition) is 3. The zero-order valence-corrected chi connectivity index (χ0v) is 30.2. The van der Waals surface area contributed by atoms with Gasteiger partial charge in [-0.25, -0.2) is 0 Å². The first-order chi connectivity index (χ1) is 21.5. The van der Waals surface area contributed by atoms with Crippen LogP contribution in [-0.2, 0) is 14.3 Å². The van der Waals surface area contributed by atoms with E-state index in [9.17, 15) is 20.1 Å². The quantitative estimate of drug-likeness (QED) is 0.252. The van der Waals surface area contributed by atoms with Gasteiger partial charge in [0.15, 0.2) is 6.29 Å². The van der Waals surface area contributed by atoms with E-state index in [1.54, 1.807) is 0 Å². The molecule has 14 atom stereocenters. The SMILES string of the molecule is CC1(C)CCC[C@]2(C)[C@@H]1CC[C@]1(C)O[C@](C)([C@H](CO)O[C@H](O)[C@@H]3C[C@]45CC[C@@H]6[C@](C)(CCC[C@]6(C)C(=O)O)[C@H]4CC[C@H]3C5)CC[C@@H]21. The lowest BCUT2D eigenvalue weighted by Gasteiger charge is -2.65. The number of carbonyl (C=O) groups is 1. The summed E-state index contributed by atoms with van der Waals surface area (Å²) in [6, 6.07) is 0. The lowest BCUT2D eigenvalue weighted by molar-refractivity contribution is -0.311. The highest BCUT2D eigenvalue weighted by molar-refractivity contribution is 5.75. The van der Waals surface area contributed by atoms with Crippen LogP contribution in [0.1, 0.15) is 151 Å². The molecule has 0 aromatic heterocycles. The number of carboxylic acids is 1. The van der Waals surface area contributed by atoms with Crippen molar-refractivity contribution >= 4 is 5.97 Å². The maximum absolute atomic E-state index is 12.5. The molecule has 1 aliphatic heterocycles. The van der Waals surface area contributed by atoms with E-state index in [1.165, 1.54) is 25.7 Å². The summed E-state index contributed by atoms with van der Waals surface area (Å²) in [5, 5.41) is 33.0. The second-order valence-electron chi connectivity index (χ2n) is 20.0. The third-order valence-corrected chi connectivity index (χ3v) is 17.3. The molecule has 3 N–H and O–H groups in total. The molecule has 1 spiro atoms. The maximum Gasteiger partial charge on any atom is 0.309 e. The van der Waals surface area contributed by atoms with Crippen LogP contribution in [0.5, 0.6) is 0 Å². The largest absolute Gasteiger partial charge is 0.481 e. The third kappa shape index (κ3) is 4.71. The summed E-state index contributed by atoms with van der Waals surface area (Å²) < 4.78 is 13.8. The molecule has 1 saturated heterocycles. The lowest BCUT2D eigenvalue weighted by Crippen LogP contribution is -2.65. The average molecular weight is 643 g/mol. The molecular weight excluding hydrogens is 576 g/mol. The number of carboxylic acid groups (broad SMARTS) is 1. The Bertz CT molecular complexity index is 1200. The summed E-state index contributed by atoms with van der Waals surface area (Å²) in [7, 11) is 0. The minimum Gasteiger partial charge on any atom is -0.481 e. The molecule has 1 heterocycles. The van der Waals surface area contributed by atoms with Crippen LogP contribution < -0.4 is 0 Å². The molecule has 6 heteroatoms. The zero-order valence-electron chi connectivity index (χ0n) is 30.2. The number of aliphatic carboxylic acids is 1. The van der Waals surface area contributed by atoms with Gasteiger partial charge in [-0.05, 0) is 162 Å². The first-order valence-electron chi connectivity index (χ1n) is 19.3. The van der Waals surface area contributed by atoms with Crippen LogP contribution in [0.25, 0.3) is 0 Å². The van der Waals surface area contributed by atoms with Crippen molar-refractivity contribution in [2.24, 2.45) is 62.6 Å². The highest BCUT2D eigenvalue weighted by Gasteiger charge is 2.67. The molecule has 6 aliphatic carbocycles. The van der Waals surface area contributed by atoms with E-state index in [0.717, 1.165) is 83.0 Å². The van der Waals surface area contributed by atoms with Crippen molar-refractivity contribution in [1.82, 2.24) is 0 Å². The number of hydrogen-bond acceptors (Lipinski definition) is 5. The van der Waals surface area contributed by atoms with Gasteiger partial charge in [0.25, 0.3) is 0 Å². The molecule has 6 saturated carbocycles. The van der Waals surface area contributed by atoms with Crippen LogP contribution in [0, 0.1) is 62.6 Å². The Balaban J connectivity index is 1.06. The molecule has 7 rings (SSSR count). The van der Waals surface area contributed by atoms with Crippen LogP contribution in [0.2, 0.25) is 0 Å². The summed E-state index contributed by atoms with van der Waals surface area (Å²) in [6.07, 6.45) is 15.8. The van der Waals surface area contributed by atoms with Crippen LogP contribution in [0.4, 0.5) is 0 Å². The Labute approximate surface area is 279 Å². The molecule has 0 aromatic carbocycles. The van der Waals surface area contributed by atoms with Gasteiger partial charge < -0.3 is 24.8 Å². The summed E-state index contributed by atoms with van der Waals surface area (Å²) in [4.78, 5) is 12.5. The number of fused-ring (bicyclic) bond motifs is 6. The van der Waals surface area contributed by atoms with Gasteiger partial charge in [-0.1, -0.05) is 40.5 Å². The maximum atomic E-state index is 12.5. The molecule has 0 radical (unpaired) electrons. The fourth-order valence-electron chi connectivity index (χ4n) is 15.3. The molecule has 0 amide bonds. The second-order valence-corrected chi connectivity index (χ2v) is 20.0. The smallest absolute Gasteiger partial charge is 0.309 e. The third-order valence-electron chi connectivity index (χ3n) is 17.3. The molecule has 0 aromatic rings. The van der Waals surface area contributed by atoms with Gasteiger partial charge in [0.05, 0.1) is 23.2 Å². The minimum atomic E-state index is -0.917. The molecular formula is C40H66O6. The summed E-state index contributed by atoms with van der Waals surface area (Å²) in [5.74, 6) is 1.83. The molecule has 6 nitrogen and oxygen atoms in total. The van der Waals surface area contributed by atoms with E-state index in [0.29, 0.717) is 23.2 Å². The standard InChI is InChI=1S/C40H66O6/c1-34(2)15-8-16-35(3)27(34)12-19-38(6)29(35)13-20-39(7,46-38)31(24-41)45-32(42)26-23-40-21-14-28-36(4,30(40)11-10-25(26)22-40)17-9-18-37(28,5)33(43)44/h25-32,41-42H,8-24H2,1-7H3,(H,43,44)/t25-,26+,27+,28+,29-,30+,31-,32-,35+,36-,37-,38-,39-,40+/m0/s1. The van der Waals surface area contributed by atoms with Crippen molar-refractivity contribution in [2.75, 3.05) is 6.61 Å². The Morgan fingerprint density at radius 2 is 1.41 bits per heavy atom. The monoisotopic (exact) mass is 642 g/mol. The predicted molar refractivity (Wildman–Crippen MR) is 179 cm³/mol. The fraction of sp³-hybridized carbons (Fsp3) is 0.975. The molecule has 7 aliphatic rings. The van der Waals surface area contributed by atoms with Crippen molar-refractivity contribution in [3.63, 3.8) is 0 Å². The van der Waals surface area contributed by atoms with Gasteiger partial charge in [0.2, 0.25) is 0 Å². The summed E-state index contributed by atoms with van der Waals surface area (Å²) in [5.41, 5.74) is -0.658. The van der Waals surface area contributed by atoms with Crippen LogP contribution in [0.3, 0.4) is 0 Å². The fourth-order valence-corrected chi connectivity index (χ4v) is 15.3. The van der Waals surface area contributed by atoms with Gasteiger partial charge >= 0.3 is 5.97 Å². The topological polar surface area (TPSA) is 96.2 Å². The van der Waals surface area contributed by atoms with Gasteiger partial charge in [-0.2, -0.15) is 0 Å². The Morgan fingerprint density at radius 3 is 2.11 bits per heavy atom. The van der Waals surface area contributed by atoms with Crippen molar-refractivity contribution in [3.05, 3.63) is 0 Å². The van der Waals surface area contributed by atoms with Crippen molar-refractivity contribution in [2.45, 2.75) is 175 Å². The van der Waals surface area contributed by atoms with Gasteiger partial charge in [0, 0.05) is 5.92 Å². The molecule has 46 heavy (non-hydrogen) atoms. The van der Waals surface area contributed by atoms with E-state index in [2.05, 4.69) is 41.5 Å². The Morgan fingerprint density at radius 1 is 0.761 bits per heavy atom. The van der Waals surface area contributed by atoms with Crippen LogP contribution in [-0.4, -0.2) is 51.5 Å². The Hall–Kier alpha value is -0.690. The summed E-state index contributed by atoms with van der Waals surface area (Å²) >= 11 is 0. The van der Waals surface area contributed by atoms with Gasteiger partial charge in [0.1, 0.15) is 6.10 Å². The molecule has 262 valence electrons. The highest BCUT2D eigenvalue weighted by Crippen LogP contribution is 2.73. The van der Waals surface area contributed by atoms with Gasteiger partial charge in [-0.3, -0.25) is 4.79 Å². The van der Waals surface area contributed by atoms with Crippen molar-refractivity contribution in [1.29, 1.82) is 0 Å².